The van der Waals surface area contributed by atoms with Crippen molar-refractivity contribution in [3.05, 3.63) is 93.2 Å². The van der Waals surface area contributed by atoms with Crippen LogP contribution >= 0.6 is 0 Å². The summed E-state index contributed by atoms with van der Waals surface area (Å²) in [6, 6.07) is 14.7. The number of aromatic hydroxyl groups is 4. The summed E-state index contributed by atoms with van der Waals surface area (Å²) in [6.07, 6.45) is -15.8. The van der Waals surface area contributed by atoms with Gasteiger partial charge in [-0.25, -0.2) is 0 Å². The van der Waals surface area contributed by atoms with Crippen LogP contribution in [0, 0.1) is 0 Å². The fourth-order valence-corrected chi connectivity index (χ4v) is 7.34. The van der Waals surface area contributed by atoms with Gasteiger partial charge in [-0.1, -0.05) is 0 Å². The van der Waals surface area contributed by atoms with E-state index in [1.165, 1.54) is 48.5 Å². The van der Waals surface area contributed by atoms with Crippen molar-refractivity contribution in [1.29, 1.82) is 0 Å². The van der Waals surface area contributed by atoms with Crippen molar-refractivity contribution >= 4 is 21.9 Å². The van der Waals surface area contributed by atoms with E-state index in [1.54, 1.807) is 0 Å². The highest BCUT2D eigenvalue weighted by Crippen LogP contribution is 2.46. The van der Waals surface area contributed by atoms with E-state index in [9.17, 15) is 70.9 Å². The number of phenolic OH excluding ortho intramolecular Hbond substituents is 4. The minimum Gasteiger partial charge on any atom is -0.507 e. The third-order valence-electron chi connectivity index (χ3n) is 10.6. The molecule has 2 aliphatic heterocycles. The van der Waals surface area contributed by atoms with Gasteiger partial charge in [0.2, 0.25) is 12.6 Å². The van der Waals surface area contributed by atoms with Crippen LogP contribution in [0.5, 0.6) is 34.5 Å². The van der Waals surface area contributed by atoms with E-state index < -0.39 is 108 Å². The number of aliphatic hydroxyl groups is 8. The largest absolute Gasteiger partial charge is 0.507 e. The highest BCUT2D eigenvalue weighted by atomic mass is 16.7. The van der Waals surface area contributed by atoms with Crippen molar-refractivity contribution in [3.8, 4) is 68.3 Å². The number of hydrogen-bond acceptors (Lipinski definition) is 20. The lowest BCUT2D eigenvalue weighted by Crippen LogP contribution is -2.60. The van der Waals surface area contributed by atoms with Crippen LogP contribution in [0.15, 0.2) is 91.2 Å². The minimum atomic E-state index is -1.79. The van der Waals surface area contributed by atoms with Gasteiger partial charge in [0.25, 0.3) is 0 Å². The predicted molar refractivity (Wildman–Crippen MR) is 210 cm³/mol. The summed E-state index contributed by atoms with van der Waals surface area (Å²) in [5.74, 6) is -2.66. The molecule has 0 amide bonds. The van der Waals surface area contributed by atoms with Crippen molar-refractivity contribution in [2.75, 3.05) is 13.2 Å². The first-order valence-corrected chi connectivity index (χ1v) is 18.8. The maximum Gasteiger partial charge on any atom is 0.229 e. The number of benzene rings is 4. The summed E-state index contributed by atoms with van der Waals surface area (Å²) in [4.78, 5) is 26.9. The van der Waals surface area contributed by atoms with Crippen molar-refractivity contribution in [3.63, 3.8) is 0 Å². The first-order chi connectivity index (χ1) is 29.6. The van der Waals surface area contributed by atoms with E-state index in [0.29, 0.717) is 0 Å². The third kappa shape index (κ3) is 7.53. The topological polar surface area (TPSA) is 340 Å². The Balaban J connectivity index is 1.14. The molecule has 0 aliphatic carbocycles. The molecule has 12 N–H and O–H groups in total. The van der Waals surface area contributed by atoms with Gasteiger partial charge in [0.05, 0.1) is 18.8 Å². The van der Waals surface area contributed by atoms with Crippen LogP contribution in [-0.2, 0) is 9.47 Å². The summed E-state index contributed by atoms with van der Waals surface area (Å²) in [5.41, 5.74) is -2.10. The molecule has 8 rings (SSSR count). The van der Waals surface area contributed by atoms with Gasteiger partial charge in [-0.15, -0.1) is 0 Å². The van der Waals surface area contributed by atoms with E-state index >= 15 is 0 Å². The molecule has 326 valence electrons. The average molecular weight is 863 g/mol. The molecule has 0 radical (unpaired) electrons. The molecule has 2 aromatic heterocycles. The molecule has 4 heterocycles. The monoisotopic (exact) mass is 862 g/mol. The summed E-state index contributed by atoms with van der Waals surface area (Å²) in [5, 5.41) is 124. The third-order valence-corrected chi connectivity index (χ3v) is 10.6. The smallest absolute Gasteiger partial charge is 0.229 e. The SMILES string of the molecule is O=c1cc(-c2ccc(O)c(-c3c(O)cc(O)c4c(=O)cc(-c5ccc(OC6OC(CO)C(O)C(O)C6O)cc5)oc34)c2)oc2cc(OC3OC(CO)C(O)C(O)C3O)cc(O)c12. The van der Waals surface area contributed by atoms with Crippen LogP contribution in [0.4, 0.5) is 0 Å². The van der Waals surface area contributed by atoms with Gasteiger partial charge in [-0.2, -0.15) is 0 Å². The van der Waals surface area contributed by atoms with E-state index in [2.05, 4.69) is 0 Å². The van der Waals surface area contributed by atoms with E-state index in [4.69, 9.17) is 27.8 Å². The van der Waals surface area contributed by atoms with Gasteiger partial charge >= 0.3 is 0 Å². The standard InChI is InChI=1S/C42H38O20/c43-13-29-34(51)36(53)38(55)41(61-29)57-17-4-1-15(2-5-17)26-12-25(50)33-23(48)10-22(47)31(40(33)60-26)19-7-16(3-6-20(19)45)27-11-24(49)32-21(46)8-18(9-28(32)59-27)58-42-39(56)37(54)35(52)30(14-44)62-42/h1-12,29-30,34-39,41-48,51-56H,13-14H2. The second kappa shape index (κ2) is 16.5. The molecule has 62 heavy (non-hydrogen) atoms. The first-order valence-electron chi connectivity index (χ1n) is 18.8. The lowest BCUT2D eigenvalue weighted by Gasteiger charge is -2.39. The Kier molecular flexibility index (Phi) is 11.3. The molecule has 4 aromatic carbocycles. The van der Waals surface area contributed by atoms with Crippen LogP contribution in [0.1, 0.15) is 0 Å². The van der Waals surface area contributed by atoms with Gasteiger partial charge in [-0.3, -0.25) is 9.59 Å². The van der Waals surface area contributed by atoms with Crippen LogP contribution in [-0.4, -0.2) is 136 Å². The molecule has 0 spiro atoms. The molecule has 20 heteroatoms. The lowest BCUT2D eigenvalue weighted by atomic mass is 9.97. The Morgan fingerprint density at radius 1 is 0.500 bits per heavy atom. The molecule has 2 saturated heterocycles. The summed E-state index contributed by atoms with van der Waals surface area (Å²) in [6.45, 7) is -1.39. The van der Waals surface area contributed by atoms with Crippen molar-refractivity contribution in [2.24, 2.45) is 0 Å². The van der Waals surface area contributed by atoms with Crippen molar-refractivity contribution < 1.29 is 89.1 Å². The first kappa shape index (κ1) is 42.4. The average Bonchev–Trinajstić information content (AvgIpc) is 3.24. The summed E-state index contributed by atoms with van der Waals surface area (Å²) in [7, 11) is 0. The minimum absolute atomic E-state index is 0.0779. The van der Waals surface area contributed by atoms with E-state index in [1.807, 2.05) is 0 Å². The zero-order valence-electron chi connectivity index (χ0n) is 31.7. The summed E-state index contributed by atoms with van der Waals surface area (Å²) >= 11 is 0. The fourth-order valence-electron chi connectivity index (χ4n) is 7.34. The Morgan fingerprint density at radius 2 is 1.03 bits per heavy atom. The second-order valence-corrected chi connectivity index (χ2v) is 14.6. The fraction of sp³-hybridized carbons (Fsp3) is 0.286. The molecule has 10 unspecified atom stereocenters. The van der Waals surface area contributed by atoms with Gasteiger partial charge in [0.1, 0.15) is 111 Å². The Labute approximate surface area is 346 Å². The zero-order chi connectivity index (χ0) is 44.3. The maximum atomic E-state index is 13.5. The number of hydrogen-bond donors (Lipinski definition) is 12. The molecule has 2 aliphatic rings. The lowest BCUT2D eigenvalue weighted by molar-refractivity contribution is -0.277. The molecule has 0 saturated carbocycles. The number of ether oxygens (including phenoxy) is 4. The highest BCUT2D eigenvalue weighted by Gasteiger charge is 2.46. The molecule has 20 nitrogen and oxygen atoms in total. The van der Waals surface area contributed by atoms with Gasteiger partial charge in [0.15, 0.2) is 16.4 Å². The number of rotatable bonds is 9. The van der Waals surface area contributed by atoms with Gasteiger partial charge in [-0.05, 0) is 42.5 Å². The Morgan fingerprint density at radius 3 is 1.63 bits per heavy atom. The van der Waals surface area contributed by atoms with Crippen molar-refractivity contribution in [1.82, 2.24) is 0 Å². The molecule has 6 aromatic rings. The number of aliphatic hydroxyl groups excluding tert-OH is 8. The molecular weight excluding hydrogens is 824 g/mol. The van der Waals surface area contributed by atoms with Gasteiger partial charge < -0.3 is 89.1 Å². The molecular formula is C42H38O20. The van der Waals surface area contributed by atoms with E-state index in [0.717, 1.165) is 24.3 Å². The van der Waals surface area contributed by atoms with Gasteiger partial charge in [0, 0.05) is 47.0 Å². The van der Waals surface area contributed by atoms with Crippen LogP contribution in [0.2, 0.25) is 0 Å². The Hall–Kier alpha value is -6.30. The summed E-state index contributed by atoms with van der Waals surface area (Å²) < 4.78 is 34.1. The zero-order valence-corrected chi connectivity index (χ0v) is 31.7. The highest BCUT2D eigenvalue weighted by molar-refractivity contribution is 6.01. The Bertz CT molecular complexity index is 2760. The normalized spacial score (nSPS) is 26.5. The van der Waals surface area contributed by atoms with Crippen molar-refractivity contribution in [2.45, 2.75) is 61.4 Å². The molecule has 2 fully saturated rings. The molecule has 10 atom stereocenters. The quantitative estimate of drug-likeness (QED) is 0.0915. The second-order valence-electron chi connectivity index (χ2n) is 14.6. The van der Waals surface area contributed by atoms with Crippen LogP contribution in [0.3, 0.4) is 0 Å². The maximum absolute atomic E-state index is 13.5. The predicted octanol–water partition coefficient (Wildman–Crippen LogP) is 0.0802. The number of fused-ring (bicyclic) bond motifs is 2. The number of phenols is 4. The van der Waals surface area contributed by atoms with E-state index in [-0.39, 0.29) is 67.2 Å². The molecule has 0 bridgehead atoms. The van der Waals surface area contributed by atoms with Crippen LogP contribution in [0.25, 0.3) is 55.7 Å². The van der Waals surface area contributed by atoms with Crippen LogP contribution < -0.4 is 20.3 Å².